The summed E-state index contributed by atoms with van der Waals surface area (Å²) >= 11 is 0. The number of quaternary nitrogens is 2. The highest BCUT2D eigenvalue weighted by molar-refractivity contribution is 6.55. The van der Waals surface area contributed by atoms with Gasteiger partial charge >= 0.3 is 0 Å². The van der Waals surface area contributed by atoms with Crippen molar-refractivity contribution in [2.75, 3.05) is 13.1 Å². The van der Waals surface area contributed by atoms with E-state index in [1.165, 1.54) is 160 Å². The highest BCUT2D eigenvalue weighted by atomic mass is 16.4. The first-order valence-electron chi connectivity index (χ1n) is 18.1. The van der Waals surface area contributed by atoms with Crippen LogP contribution in [-0.2, 0) is 6.42 Å². The summed E-state index contributed by atoms with van der Waals surface area (Å²) < 4.78 is 0. The highest BCUT2D eigenvalue weighted by Gasteiger charge is 1.97. The van der Waals surface area contributed by atoms with Gasteiger partial charge in [-0.3, -0.25) is 0 Å². The van der Waals surface area contributed by atoms with E-state index in [0.29, 0.717) is 5.46 Å². The largest absolute Gasteiger partial charge is 0.889 e. The average molecular weight is 577 g/mol. The molecule has 0 unspecified atom stereocenters. The van der Waals surface area contributed by atoms with Crippen LogP contribution in [0.1, 0.15) is 180 Å². The molecule has 1 rings (SSSR count). The third-order valence-electron chi connectivity index (χ3n) is 7.78. The second-order valence-electron chi connectivity index (χ2n) is 12.0. The molecule has 1 aromatic carbocycles. The van der Waals surface area contributed by atoms with Crippen molar-refractivity contribution >= 4 is 12.6 Å². The smallest absolute Gasteiger partial charge is 0.0739 e. The summed E-state index contributed by atoms with van der Waals surface area (Å²) in [5.41, 5.74) is 9.04. The summed E-state index contributed by atoms with van der Waals surface area (Å²) in [5.74, 6) is 0. The molecule has 0 saturated carbocycles. The molecular weight excluding hydrogens is 503 g/mol. The summed E-state index contributed by atoms with van der Waals surface area (Å²) in [6.07, 6.45) is 34.2. The second-order valence-corrected chi connectivity index (χ2v) is 12.0. The van der Waals surface area contributed by atoms with Gasteiger partial charge in [0.1, 0.15) is 0 Å². The normalized spacial score (nSPS) is 10.5. The van der Waals surface area contributed by atoms with Crippen molar-refractivity contribution in [3.63, 3.8) is 0 Å². The van der Waals surface area contributed by atoms with Crippen LogP contribution in [0.15, 0.2) is 24.3 Å². The molecule has 0 fully saturated rings. The lowest BCUT2D eigenvalue weighted by molar-refractivity contribution is -0.368. The quantitative estimate of drug-likeness (QED) is 0.0968. The van der Waals surface area contributed by atoms with E-state index in [1.54, 1.807) is 12.1 Å². The average Bonchev–Trinajstić information content (AvgIpc) is 2.99. The third-order valence-corrected chi connectivity index (χ3v) is 7.78. The van der Waals surface area contributed by atoms with Gasteiger partial charge in [0.05, 0.1) is 13.1 Å². The van der Waals surface area contributed by atoms with Crippen molar-refractivity contribution in [2.45, 2.75) is 181 Å². The first kappa shape index (κ1) is 42.3. The highest BCUT2D eigenvalue weighted by Crippen LogP contribution is 2.15. The minimum atomic E-state index is -1.85. The van der Waals surface area contributed by atoms with Crippen LogP contribution >= 0.6 is 0 Å². The van der Waals surface area contributed by atoms with E-state index >= 15 is 0 Å². The zero-order chi connectivity index (χ0) is 30.7. The number of hydrogen-bond acceptors (Lipinski definition) is 2. The molecule has 0 amide bonds. The molecule has 0 spiro atoms. The van der Waals surface area contributed by atoms with Crippen LogP contribution in [0.4, 0.5) is 0 Å². The summed E-state index contributed by atoms with van der Waals surface area (Å²) in [4.78, 5) is 0. The molecule has 0 saturated heterocycles. The summed E-state index contributed by atoms with van der Waals surface area (Å²) in [6.45, 7) is 8.90. The molecule has 0 bridgehead atoms. The Kier molecular flexibility index (Phi) is 38.3. The van der Waals surface area contributed by atoms with Crippen LogP contribution in [0.3, 0.4) is 0 Å². The fraction of sp³-hybridized carbons (Fsp3) is 0.833. The monoisotopic (exact) mass is 577 g/mol. The Morgan fingerprint density at radius 2 is 0.732 bits per heavy atom. The van der Waals surface area contributed by atoms with E-state index in [1.807, 2.05) is 12.1 Å². The van der Waals surface area contributed by atoms with Crippen molar-refractivity contribution in [1.82, 2.24) is 0 Å². The van der Waals surface area contributed by atoms with Gasteiger partial charge < -0.3 is 21.5 Å². The maximum absolute atomic E-state index is 10.8. The van der Waals surface area contributed by atoms with Gasteiger partial charge in [-0.1, -0.05) is 174 Å². The van der Waals surface area contributed by atoms with Gasteiger partial charge in [-0.2, -0.15) is 0 Å². The molecule has 0 aliphatic rings. The lowest BCUT2D eigenvalue weighted by Crippen LogP contribution is -2.55. The van der Waals surface area contributed by atoms with E-state index in [4.69, 9.17) is 0 Å². The predicted molar refractivity (Wildman–Crippen MR) is 179 cm³/mol. The summed E-state index contributed by atoms with van der Waals surface area (Å²) in [6, 6.07) is 7.25. The van der Waals surface area contributed by atoms with E-state index < -0.39 is 7.12 Å². The topological polar surface area (TPSA) is 101 Å². The van der Waals surface area contributed by atoms with Gasteiger partial charge in [-0.05, 0) is 44.1 Å². The number of aryl methyl sites for hydroxylation is 1. The number of benzene rings is 1. The van der Waals surface area contributed by atoms with Gasteiger partial charge in [0.2, 0.25) is 0 Å². The molecule has 0 aromatic heterocycles. The molecule has 0 atom stereocenters. The van der Waals surface area contributed by atoms with E-state index in [-0.39, 0.29) is 0 Å². The molecule has 5 heteroatoms. The van der Waals surface area contributed by atoms with Crippen LogP contribution in [0, 0.1) is 0 Å². The van der Waals surface area contributed by atoms with E-state index in [0.717, 1.165) is 19.5 Å². The first-order chi connectivity index (χ1) is 20.1. The van der Waals surface area contributed by atoms with Crippen molar-refractivity contribution < 1.29 is 21.5 Å². The van der Waals surface area contributed by atoms with Gasteiger partial charge in [-0.25, -0.2) is 0 Å². The Morgan fingerprint density at radius 3 is 1.00 bits per heavy atom. The lowest BCUT2D eigenvalue weighted by atomic mass is 9.80. The molecule has 1 aromatic rings. The van der Waals surface area contributed by atoms with Crippen LogP contribution in [0.25, 0.3) is 0 Å². The minimum absolute atomic E-state index is 0.353. The Balaban J connectivity index is 0. The molecule has 0 aliphatic carbocycles. The number of unbranched alkanes of at least 4 members (excludes halogenated alkanes) is 21. The SMILES string of the molecule is CCCCCCCCCCCCCCCCCCCCc1ccc(B([O-])[O-])cc1.CCCCC[NH3+].CCCCC[NH3+]. The number of rotatable bonds is 26. The van der Waals surface area contributed by atoms with Gasteiger partial charge in [0.15, 0.2) is 0 Å². The molecule has 242 valence electrons. The zero-order valence-electron chi connectivity index (χ0n) is 28.2. The minimum Gasteiger partial charge on any atom is -0.889 e. The molecule has 4 nitrogen and oxygen atoms in total. The maximum atomic E-state index is 10.8. The van der Waals surface area contributed by atoms with Gasteiger partial charge in [0.25, 0.3) is 0 Å². The number of hydrogen-bond donors (Lipinski definition) is 2. The molecule has 6 N–H and O–H groups in total. The standard InChI is InChI=1S/C26H45BO2.2C5H13N/c1-2-3-4-5-6-7-8-9-10-11-12-13-14-15-16-17-18-19-20-25-21-23-26(24-22-25)27(28)29;2*1-2-3-4-5-6/h21-24H,2-20H2,1H3;2*2-6H2,1H3/q-2;;/p+2. The van der Waals surface area contributed by atoms with E-state index in [2.05, 4.69) is 32.2 Å². The van der Waals surface area contributed by atoms with E-state index in [9.17, 15) is 10.0 Å². The molecule has 41 heavy (non-hydrogen) atoms. The maximum Gasteiger partial charge on any atom is 0.0739 e. The molecule has 0 radical (unpaired) electrons. The zero-order valence-corrected chi connectivity index (χ0v) is 28.2. The van der Waals surface area contributed by atoms with Crippen molar-refractivity contribution in [1.29, 1.82) is 0 Å². The van der Waals surface area contributed by atoms with Crippen LogP contribution in [-0.4, -0.2) is 20.2 Å². The van der Waals surface area contributed by atoms with Crippen molar-refractivity contribution in [2.24, 2.45) is 0 Å². The third kappa shape index (κ3) is 35.2. The van der Waals surface area contributed by atoms with Gasteiger partial charge in [-0.15, -0.1) is 5.46 Å². The Morgan fingerprint density at radius 1 is 0.439 bits per heavy atom. The van der Waals surface area contributed by atoms with Crippen LogP contribution in [0.2, 0.25) is 0 Å². The summed E-state index contributed by atoms with van der Waals surface area (Å²) in [7, 11) is -1.85. The lowest BCUT2D eigenvalue weighted by Gasteiger charge is -2.26. The van der Waals surface area contributed by atoms with Crippen molar-refractivity contribution in [3.8, 4) is 0 Å². The molecule has 0 heterocycles. The Labute approximate surface area is 258 Å². The second kappa shape index (κ2) is 37.2. The molecule has 0 aliphatic heterocycles. The van der Waals surface area contributed by atoms with Crippen LogP contribution in [0.5, 0.6) is 0 Å². The predicted octanol–water partition coefficient (Wildman–Crippen LogP) is 6.52. The Hall–Kier alpha value is -0.875. The van der Waals surface area contributed by atoms with Crippen molar-refractivity contribution in [3.05, 3.63) is 29.8 Å². The first-order valence-corrected chi connectivity index (χ1v) is 18.1. The fourth-order valence-corrected chi connectivity index (χ4v) is 4.93. The Bertz CT molecular complexity index is 567. The van der Waals surface area contributed by atoms with Gasteiger partial charge in [0, 0.05) is 0 Å². The molecular formula is C36H73BN2O2. The fourth-order valence-electron chi connectivity index (χ4n) is 4.93. The van der Waals surface area contributed by atoms with Crippen LogP contribution < -0.4 is 27.0 Å². The summed E-state index contributed by atoms with van der Waals surface area (Å²) in [5, 5.41) is 21.6.